The second kappa shape index (κ2) is 9.32. The summed E-state index contributed by atoms with van der Waals surface area (Å²) in [7, 11) is 1.57. The van der Waals surface area contributed by atoms with E-state index in [0.717, 1.165) is 42.9 Å². The van der Waals surface area contributed by atoms with Gasteiger partial charge in [-0.2, -0.15) is 0 Å². The highest BCUT2D eigenvalue weighted by atomic mass is 16.5. The second-order valence-electron chi connectivity index (χ2n) is 6.97. The number of likely N-dealkylation sites (N-methyl/N-ethyl adjacent to an activating group) is 1. The number of benzene rings is 1. The summed E-state index contributed by atoms with van der Waals surface area (Å²) in [4.78, 5) is 26.8. The molecule has 1 aromatic heterocycles. The lowest BCUT2D eigenvalue weighted by Gasteiger charge is -2.28. The maximum atomic E-state index is 12.5. The van der Waals surface area contributed by atoms with Crippen LogP contribution in [0, 0.1) is 6.92 Å². The highest BCUT2D eigenvalue weighted by molar-refractivity contribution is 5.89. The number of nitrogens with one attached hydrogen (secondary N) is 2. The Hall–Kier alpha value is -2.93. The normalized spacial score (nSPS) is 15.7. The second-order valence-corrected chi connectivity index (χ2v) is 6.97. The molecule has 0 bridgehead atoms. The molecule has 148 valence electrons. The molecule has 1 aliphatic heterocycles. The van der Waals surface area contributed by atoms with Crippen molar-refractivity contribution in [3.8, 4) is 0 Å². The van der Waals surface area contributed by atoms with Gasteiger partial charge in [0.2, 0.25) is 11.8 Å². The number of likely N-dealkylation sites (tertiary alicyclic amines) is 1. The van der Waals surface area contributed by atoms with Gasteiger partial charge < -0.3 is 15.2 Å². The van der Waals surface area contributed by atoms with Gasteiger partial charge in [-0.3, -0.25) is 14.5 Å². The summed E-state index contributed by atoms with van der Waals surface area (Å²) in [5.74, 6) is 0.411. The van der Waals surface area contributed by atoms with Crippen LogP contribution in [0.5, 0.6) is 0 Å². The molecule has 3 rings (SSSR count). The van der Waals surface area contributed by atoms with E-state index in [-0.39, 0.29) is 18.4 Å². The van der Waals surface area contributed by atoms with E-state index in [4.69, 9.17) is 4.52 Å². The number of piperidine rings is 1. The van der Waals surface area contributed by atoms with Crippen LogP contribution < -0.4 is 10.6 Å². The zero-order valence-electron chi connectivity index (χ0n) is 16.3. The average Bonchev–Trinajstić information content (AvgIpc) is 3.12. The topological polar surface area (TPSA) is 87.5 Å². The number of aromatic nitrogens is 1. The van der Waals surface area contributed by atoms with Gasteiger partial charge in [0.25, 0.3) is 0 Å². The number of aryl methyl sites for hydroxylation is 1. The predicted molar refractivity (Wildman–Crippen MR) is 106 cm³/mol. The molecule has 0 saturated carbocycles. The summed E-state index contributed by atoms with van der Waals surface area (Å²) in [6.45, 7) is 3.74. The largest absolute Gasteiger partial charge is 0.361 e. The van der Waals surface area contributed by atoms with Gasteiger partial charge in [0.1, 0.15) is 17.5 Å². The quantitative estimate of drug-likeness (QED) is 0.799. The molecule has 0 radical (unpaired) electrons. The van der Waals surface area contributed by atoms with Crippen molar-refractivity contribution in [2.24, 2.45) is 0 Å². The zero-order valence-corrected chi connectivity index (χ0v) is 16.3. The number of carbonyl (C=O) groups excluding carboxylic acids is 2. The van der Waals surface area contributed by atoms with Crippen LogP contribution in [0.3, 0.4) is 0 Å². The lowest BCUT2D eigenvalue weighted by molar-refractivity contribution is -0.129. The number of carbonyl (C=O) groups is 2. The van der Waals surface area contributed by atoms with E-state index >= 15 is 0 Å². The summed E-state index contributed by atoms with van der Waals surface area (Å²) in [6.07, 6.45) is 3.83. The zero-order chi connectivity index (χ0) is 19.9. The van der Waals surface area contributed by atoms with Gasteiger partial charge in [-0.1, -0.05) is 41.1 Å². The maximum absolute atomic E-state index is 12.5. The Balaban J connectivity index is 1.53. The molecule has 7 nitrogen and oxygen atoms in total. The third kappa shape index (κ3) is 5.29. The first-order valence-electron chi connectivity index (χ1n) is 9.46. The van der Waals surface area contributed by atoms with Gasteiger partial charge in [0, 0.05) is 26.2 Å². The minimum atomic E-state index is -0.686. The summed E-state index contributed by atoms with van der Waals surface area (Å²) in [6, 6.07) is 10.5. The standard InChI is InChI=1S/C21H26N4O3/c1-15-12-18(24-28-15)13-16-8-10-25(11-9-16)14-19(26)23-20(21(27)22-2)17-6-4-3-5-7-17/h3-7,12-13,20H,8-11,14H2,1-2H3,(H,22,27)(H,23,26)/t20-/m1/s1. The fraction of sp³-hybridized carbons (Fsp3) is 0.381. The molecule has 2 aromatic rings. The Morgan fingerprint density at radius 3 is 2.57 bits per heavy atom. The van der Waals surface area contributed by atoms with Crippen LogP contribution in [0.1, 0.15) is 35.9 Å². The van der Waals surface area contributed by atoms with Crippen LogP contribution in [-0.2, 0) is 9.59 Å². The Morgan fingerprint density at radius 2 is 1.96 bits per heavy atom. The number of hydrogen-bond donors (Lipinski definition) is 2. The fourth-order valence-electron chi connectivity index (χ4n) is 3.31. The van der Waals surface area contributed by atoms with Crippen LogP contribution in [0.25, 0.3) is 6.08 Å². The van der Waals surface area contributed by atoms with Gasteiger partial charge in [0.15, 0.2) is 0 Å². The van der Waals surface area contributed by atoms with Crippen molar-refractivity contribution in [2.45, 2.75) is 25.8 Å². The van der Waals surface area contributed by atoms with Crippen LogP contribution >= 0.6 is 0 Å². The SMILES string of the molecule is CNC(=O)[C@H](NC(=O)CN1CCC(=Cc2cc(C)on2)CC1)c1ccccc1. The fourth-order valence-corrected chi connectivity index (χ4v) is 3.31. The third-order valence-corrected chi connectivity index (χ3v) is 4.81. The smallest absolute Gasteiger partial charge is 0.246 e. The first-order valence-corrected chi connectivity index (χ1v) is 9.46. The Morgan fingerprint density at radius 1 is 1.25 bits per heavy atom. The molecule has 7 heteroatoms. The maximum Gasteiger partial charge on any atom is 0.246 e. The highest BCUT2D eigenvalue weighted by Gasteiger charge is 2.23. The van der Waals surface area contributed by atoms with Crippen molar-refractivity contribution in [2.75, 3.05) is 26.7 Å². The third-order valence-electron chi connectivity index (χ3n) is 4.81. The number of nitrogens with zero attached hydrogens (tertiary/aromatic N) is 2. The average molecular weight is 382 g/mol. The first-order chi connectivity index (χ1) is 13.5. The summed E-state index contributed by atoms with van der Waals surface area (Å²) >= 11 is 0. The van der Waals surface area contributed by atoms with Crippen molar-refractivity contribution in [1.82, 2.24) is 20.7 Å². The lowest BCUT2D eigenvalue weighted by Crippen LogP contribution is -2.45. The molecule has 2 heterocycles. The molecule has 1 atom stereocenters. The first kappa shape index (κ1) is 19.8. The van der Waals surface area contributed by atoms with Crippen molar-refractivity contribution in [3.05, 3.63) is 59.0 Å². The van der Waals surface area contributed by atoms with Crippen molar-refractivity contribution >= 4 is 17.9 Å². The van der Waals surface area contributed by atoms with E-state index in [1.165, 1.54) is 5.57 Å². The number of rotatable bonds is 6. The predicted octanol–water partition coefficient (Wildman–Crippen LogP) is 2.07. The molecular weight excluding hydrogens is 356 g/mol. The Kier molecular flexibility index (Phi) is 6.60. The molecule has 2 amide bonds. The summed E-state index contributed by atoms with van der Waals surface area (Å²) < 4.78 is 5.09. The van der Waals surface area contributed by atoms with Crippen LogP contribution in [-0.4, -0.2) is 48.6 Å². The lowest BCUT2D eigenvalue weighted by atomic mass is 10.0. The van der Waals surface area contributed by atoms with Crippen LogP contribution in [0.2, 0.25) is 0 Å². The van der Waals surface area contributed by atoms with Gasteiger partial charge in [-0.15, -0.1) is 0 Å². The van der Waals surface area contributed by atoms with E-state index in [2.05, 4.69) is 26.8 Å². The Bertz CT molecular complexity index is 834. The van der Waals surface area contributed by atoms with Gasteiger partial charge in [-0.25, -0.2) is 0 Å². The van der Waals surface area contributed by atoms with Crippen LogP contribution in [0.4, 0.5) is 0 Å². The molecule has 1 aromatic carbocycles. The molecule has 0 spiro atoms. The molecule has 28 heavy (non-hydrogen) atoms. The van der Waals surface area contributed by atoms with Gasteiger partial charge >= 0.3 is 0 Å². The monoisotopic (exact) mass is 382 g/mol. The van der Waals surface area contributed by atoms with Crippen molar-refractivity contribution in [1.29, 1.82) is 0 Å². The summed E-state index contributed by atoms with van der Waals surface area (Å²) in [5, 5.41) is 9.47. The number of hydrogen-bond acceptors (Lipinski definition) is 5. The molecule has 1 saturated heterocycles. The van der Waals surface area contributed by atoms with Gasteiger partial charge in [0.05, 0.1) is 6.54 Å². The van der Waals surface area contributed by atoms with Crippen LogP contribution in [0.15, 0.2) is 46.5 Å². The van der Waals surface area contributed by atoms with E-state index in [9.17, 15) is 9.59 Å². The molecule has 1 aliphatic rings. The minimum absolute atomic E-state index is 0.156. The molecule has 0 aliphatic carbocycles. The van der Waals surface area contributed by atoms with E-state index in [1.54, 1.807) is 7.05 Å². The Labute approximate surface area is 164 Å². The van der Waals surface area contributed by atoms with Crippen molar-refractivity contribution in [3.63, 3.8) is 0 Å². The number of amides is 2. The summed E-state index contributed by atoms with van der Waals surface area (Å²) in [5.41, 5.74) is 2.91. The van der Waals surface area contributed by atoms with E-state index in [0.29, 0.717) is 0 Å². The molecule has 0 unspecified atom stereocenters. The van der Waals surface area contributed by atoms with Crippen molar-refractivity contribution < 1.29 is 14.1 Å². The minimum Gasteiger partial charge on any atom is -0.361 e. The molecule has 1 fully saturated rings. The molecular formula is C21H26N4O3. The highest BCUT2D eigenvalue weighted by Crippen LogP contribution is 2.19. The van der Waals surface area contributed by atoms with E-state index < -0.39 is 6.04 Å². The van der Waals surface area contributed by atoms with E-state index in [1.807, 2.05) is 43.3 Å². The molecule has 2 N–H and O–H groups in total. The van der Waals surface area contributed by atoms with Gasteiger partial charge in [-0.05, 0) is 31.4 Å².